The normalized spacial score (nSPS) is 15.1. The van der Waals surface area contributed by atoms with Gasteiger partial charge in [0.1, 0.15) is 5.82 Å². The van der Waals surface area contributed by atoms with Gasteiger partial charge in [0.25, 0.3) is 0 Å². The summed E-state index contributed by atoms with van der Waals surface area (Å²) in [5.41, 5.74) is 8.87. The monoisotopic (exact) mass is 353 g/mol. The molecule has 2 aromatic rings. The Morgan fingerprint density at radius 1 is 1.23 bits per heavy atom. The standard InChI is InChI=1S/C20H23BFN2O2/c22-19-12-18(21-26)5-4-17(19)11-20(25)24-8-6-15(7-9-24)16-3-1-2-14(10-16)13-23/h1-5,10,12,15,26H,6-9,11,13,23H2. The van der Waals surface area contributed by atoms with E-state index in [4.69, 9.17) is 10.8 Å². The number of piperidine rings is 1. The Labute approximate surface area is 154 Å². The van der Waals surface area contributed by atoms with Crippen molar-refractivity contribution in [2.45, 2.75) is 31.7 Å². The zero-order chi connectivity index (χ0) is 18.5. The van der Waals surface area contributed by atoms with Gasteiger partial charge in [-0.3, -0.25) is 4.79 Å². The van der Waals surface area contributed by atoms with Crippen LogP contribution in [-0.2, 0) is 17.8 Å². The summed E-state index contributed by atoms with van der Waals surface area (Å²) in [6, 6.07) is 12.7. The quantitative estimate of drug-likeness (QED) is 0.800. The fourth-order valence-corrected chi connectivity index (χ4v) is 3.50. The van der Waals surface area contributed by atoms with Crippen molar-refractivity contribution in [2.24, 2.45) is 5.73 Å². The van der Waals surface area contributed by atoms with E-state index in [-0.39, 0.29) is 12.3 Å². The van der Waals surface area contributed by atoms with Crippen molar-refractivity contribution < 1.29 is 14.2 Å². The van der Waals surface area contributed by atoms with Gasteiger partial charge in [-0.15, -0.1) is 0 Å². The lowest BCUT2D eigenvalue weighted by Crippen LogP contribution is -2.39. The molecule has 0 bridgehead atoms. The van der Waals surface area contributed by atoms with E-state index in [0.717, 1.165) is 25.9 Å². The largest absolute Gasteiger partial charge is 0.450 e. The molecule has 0 aromatic heterocycles. The topological polar surface area (TPSA) is 66.6 Å². The molecule has 6 heteroatoms. The van der Waals surface area contributed by atoms with Crippen LogP contribution in [0.3, 0.4) is 0 Å². The van der Waals surface area contributed by atoms with Crippen molar-refractivity contribution in [3.63, 3.8) is 0 Å². The highest BCUT2D eigenvalue weighted by atomic mass is 19.1. The van der Waals surface area contributed by atoms with Crippen molar-refractivity contribution in [3.05, 3.63) is 65.0 Å². The van der Waals surface area contributed by atoms with E-state index in [1.165, 1.54) is 11.6 Å². The molecular formula is C20H23BFN2O2. The predicted octanol–water partition coefficient (Wildman–Crippen LogP) is 1.47. The zero-order valence-corrected chi connectivity index (χ0v) is 14.7. The molecule has 0 unspecified atom stereocenters. The Balaban J connectivity index is 1.58. The number of benzene rings is 2. The molecule has 135 valence electrons. The second kappa shape index (κ2) is 8.47. The van der Waals surface area contributed by atoms with Crippen LogP contribution in [0.25, 0.3) is 0 Å². The number of likely N-dealkylation sites (tertiary alicyclic amines) is 1. The van der Waals surface area contributed by atoms with Crippen molar-refractivity contribution in [1.29, 1.82) is 0 Å². The molecule has 3 rings (SSSR count). The Morgan fingerprint density at radius 2 is 2.00 bits per heavy atom. The van der Waals surface area contributed by atoms with E-state index in [0.29, 0.717) is 36.6 Å². The maximum absolute atomic E-state index is 14.0. The molecule has 2 aromatic carbocycles. The number of hydrogen-bond donors (Lipinski definition) is 2. The van der Waals surface area contributed by atoms with Crippen LogP contribution in [0.1, 0.15) is 35.4 Å². The summed E-state index contributed by atoms with van der Waals surface area (Å²) in [7, 11) is 0.846. The van der Waals surface area contributed by atoms with Gasteiger partial charge in [-0.25, -0.2) is 4.39 Å². The van der Waals surface area contributed by atoms with E-state index in [1.807, 2.05) is 17.0 Å². The molecule has 1 aliphatic rings. The number of amides is 1. The minimum Gasteiger partial charge on any atom is -0.450 e. The van der Waals surface area contributed by atoms with Crippen molar-refractivity contribution in [3.8, 4) is 0 Å². The molecule has 1 radical (unpaired) electrons. The minimum atomic E-state index is -0.463. The van der Waals surface area contributed by atoms with E-state index in [1.54, 1.807) is 12.1 Å². The van der Waals surface area contributed by atoms with Crippen molar-refractivity contribution in [2.75, 3.05) is 13.1 Å². The Morgan fingerprint density at radius 3 is 2.65 bits per heavy atom. The molecule has 1 saturated heterocycles. The minimum absolute atomic E-state index is 0.0465. The molecule has 3 N–H and O–H groups in total. The van der Waals surface area contributed by atoms with Gasteiger partial charge in [0, 0.05) is 19.6 Å². The molecule has 26 heavy (non-hydrogen) atoms. The SMILES string of the molecule is NCc1cccc(C2CCN(C(=O)Cc3ccc([B]O)cc3F)CC2)c1. The van der Waals surface area contributed by atoms with Gasteiger partial charge in [0.2, 0.25) is 5.91 Å². The molecule has 1 fully saturated rings. The number of halogens is 1. The number of nitrogens with two attached hydrogens (primary N) is 1. The Hall–Kier alpha value is -2.18. The Bertz CT molecular complexity index is 776. The molecule has 0 atom stereocenters. The van der Waals surface area contributed by atoms with Crippen LogP contribution in [0.5, 0.6) is 0 Å². The fraction of sp³-hybridized carbons (Fsp3) is 0.350. The maximum Gasteiger partial charge on any atom is 0.326 e. The summed E-state index contributed by atoms with van der Waals surface area (Å²) in [5, 5.41) is 8.92. The van der Waals surface area contributed by atoms with Gasteiger partial charge in [0.15, 0.2) is 0 Å². The van der Waals surface area contributed by atoms with Gasteiger partial charge >= 0.3 is 7.48 Å². The molecule has 4 nitrogen and oxygen atoms in total. The summed E-state index contributed by atoms with van der Waals surface area (Å²) in [5.74, 6) is -0.0879. The van der Waals surface area contributed by atoms with Crippen LogP contribution < -0.4 is 11.2 Å². The molecule has 1 amide bonds. The maximum atomic E-state index is 14.0. The molecule has 0 saturated carbocycles. The second-order valence-electron chi connectivity index (χ2n) is 6.76. The van der Waals surface area contributed by atoms with Gasteiger partial charge < -0.3 is 15.7 Å². The van der Waals surface area contributed by atoms with Crippen LogP contribution in [0.4, 0.5) is 4.39 Å². The average Bonchev–Trinajstić information content (AvgIpc) is 2.69. The number of carbonyl (C=O) groups excluding carboxylic acids is 1. The lowest BCUT2D eigenvalue weighted by molar-refractivity contribution is -0.131. The summed E-state index contributed by atoms with van der Waals surface area (Å²) in [4.78, 5) is 14.3. The zero-order valence-electron chi connectivity index (χ0n) is 14.7. The Kier molecular flexibility index (Phi) is 6.06. The van der Waals surface area contributed by atoms with Crippen LogP contribution in [0.15, 0.2) is 42.5 Å². The number of hydrogen-bond acceptors (Lipinski definition) is 3. The highest BCUT2D eigenvalue weighted by Crippen LogP contribution is 2.28. The third-order valence-corrected chi connectivity index (χ3v) is 5.07. The molecular weight excluding hydrogens is 330 g/mol. The van der Waals surface area contributed by atoms with Gasteiger partial charge in [-0.1, -0.05) is 41.9 Å². The number of nitrogens with zero attached hydrogens (tertiary/aromatic N) is 1. The second-order valence-corrected chi connectivity index (χ2v) is 6.76. The summed E-state index contributed by atoms with van der Waals surface area (Å²) < 4.78 is 14.0. The van der Waals surface area contributed by atoms with E-state index in [9.17, 15) is 9.18 Å². The van der Waals surface area contributed by atoms with Crippen LogP contribution in [0, 0.1) is 5.82 Å². The molecule has 1 heterocycles. The van der Waals surface area contributed by atoms with Crippen LogP contribution in [0.2, 0.25) is 0 Å². The number of carbonyl (C=O) groups is 1. The lowest BCUT2D eigenvalue weighted by atomic mass is 9.87. The summed E-state index contributed by atoms with van der Waals surface area (Å²) >= 11 is 0. The van der Waals surface area contributed by atoms with Crippen LogP contribution >= 0.6 is 0 Å². The molecule has 0 spiro atoms. The smallest absolute Gasteiger partial charge is 0.326 e. The third kappa shape index (κ3) is 4.32. The fourth-order valence-electron chi connectivity index (χ4n) is 3.50. The van der Waals surface area contributed by atoms with E-state index >= 15 is 0 Å². The molecule has 1 aliphatic heterocycles. The first-order valence-corrected chi connectivity index (χ1v) is 8.93. The highest BCUT2D eigenvalue weighted by molar-refractivity contribution is 6.45. The first kappa shape index (κ1) is 18.6. The van der Waals surface area contributed by atoms with Crippen molar-refractivity contribution in [1.82, 2.24) is 4.90 Å². The summed E-state index contributed by atoms with van der Waals surface area (Å²) in [6.45, 7) is 1.89. The highest BCUT2D eigenvalue weighted by Gasteiger charge is 2.24. The van der Waals surface area contributed by atoms with Crippen LogP contribution in [-0.4, -0.2) is 36.4 Å². The average molecular weight is 353 g/mol. The lowest BCUT2D eigenvalue weighted by Gasteiger charge is -2.32. The first-order valence-electron chi connectivity index (χ1n) is 8.93. The van der Waals surface area contributed by atoms with E-state index < -0.39 is 5.82 Å². The predicted molar refractivity (Wildman–Crippen MR) is 101 cm³/mol. The third-order valence-electron chi connectivity index (χ3n) is 5.07. The number of rotatable bonds is 5. The van der Waals surface area contributed by atoms with Crippen molar-refractivity contribution >= 4 is 18.9 Å². The van der Waals surface area contributed by atoms with E-state index in [2.05, 4.69) is 12.1 Å². The summed E-state index contributed by atoms with van der Waals surface area (Å²) in [6.07, 6.45) is 1.85. The van der Waals surface area contributed by atoms with Gasteiger partial charge in [0.05, 0.1) is 6.42 Å². The molecule has 0 aliphatic carbocycles. The van der Waals surface area contributed by atoms with Gasteiger partial charge in [-0.05, 0) is 41.5 Å². The van der Waals surface area contributed by atoms with Gasteiger partial charge in [-0.2, -0.15) is 0 Å². The first-order chi connectivity index (χ1) is 12.6.